The van der Waals surface area contributed by atoms with Crippen LogP contribution in [-0.2, 0) is 19.1 Å². The summed E-state index contributed by atoms with van der Waals surface area (Å²) in [5, 5.41) is 9.62. The predicted octanol–water partition coefficient (Wildman–Crippen LogP) is 3.01. The average Bonchev–Trinajstić information content (AvgIpc) is 3.41. The van der Waals surface area contributed by atoms with Crippen LogP contribution < -0.4 is 4.90 Å². The Hall–Kier alpha value is -2.10. The molecule has 9 heteroatoms. The van der Waals surface area contributed by atoms with Gasteiger partial charge in [0.2, 0.25) is 5.91 Å². The van der Waals surface area contributed by atoms with Crippen molar-refractivity contribution in [3.8, 4) is 0 Å². The molecule has 1 spiro atoms. The van der Waals surface area contributed by atoms with Crippen LogP contribution in [0.15, 0.2) is 43.5 Å². The first kappa shape index (κ1) is 26.0. The number of hydrogen-bond acceptors (Lipinski definition) is 6. The van der Waals surface area contributed by atoms with Crippen LogP contribution in [0.25, 0.3) is 0 Å². The second-order valence-corrected chi connectivity index (χ2v) is 12.1. The summed E-state index contributed by atoms with van der Waals surface area (Å²) in [5.41, 5.74) is 2.71. The number of halogens is 1. The maximum Gasteiger partial charge on any atom is 0.311 e. The molecule has 188 valence electrons. The van der Waals surface area contributed by atoms with Gasteiger partial charge < -0.3 is 19.6 Å². The second-order valence-electron chi connectivity index (χ2n) is 9.36. The largest absolute Gasteiger partial charge is 0.461 e. The molecule has 4 rings (SSSR count). The summed E-state index contributed by atoms with van der Waals surface area (Å²) in [4.78, 5) is 44.3. The van der Waals surface area contributed by atoms with Crippen molar-refractivity contribution in [3.63, 3.8) is 0 Å². The van der Waals surface area contributed by atoms with Crippen LogP contribution in [-0.4, -0.2) is 75.0 Å². The smallest absolute Gasteiger partial charge is 0.311 e. The Morgan fingerprint density at radius 1 is 1.34 bits per heavy atom. The van der Waals surface area contributed by atoms with Gasteiger partial charge in [0.1, 0.15) is 12.6 Å². The van der Waals surface area contributed by atoms with Gasteiger partial charge in [-0.15, -0.1) is 18.3 Å². The lowest BCUT2D eigenvalue weighted by atomic mass is 9.71. The van der Waals surface area contributed by atoms with Crippen molar-refractivity contribution in [1.29, 1.82) is 0 Å². The number of esters is 1. The van der Waals surface area contributed by atoms with Crippen molar-refractivity contribution in [1.82, 2.24) is 4.90 Å². The molecule has 2 bridgehead atoms. The number of nitrogens with zero attached hydrogens (tertiary/aromatic N) is 2. The molecule has 2 amide bonds. The van der Waals surface area contributed by atoms with E-state index in [9.17, 15) is 19.5 Å². The van der Waals surface area contributed by atoms with Crippen LogP contribution in [0, 0.1) is 25.7 Å². The first-order chi connectivity index (χ1) is 16.7. The highest BCUT2D eigenvalue weighted by Crippen LogP contribution is 2.68. The van der Waals surface area contributed by atoms with Crippen LogP contribution in [0.5, 0.6) is 0 Å². The zero-order chi connectivity index (χ0) is 25.5. The number of benzene rings is 1. The van der Waals surface area contributed by atoms with Crippen LogP contribution in [0.3, 0.4) is 0 Å². The molecule has 1 aromatic rings. The van der Waals surface area contributed by atoms with Gasteiger partial charge in [-0.25, -0.2) is 0 Å². The Balaban J connectivity index is 1.79. The third kappa shape index (κ3) is 4.15. The van der Waals surface area contributed by atoms with Gasteiger partial charge in [0.05, 0.1) is 23.2 Å². The summed E-state index contributed by atoms with van der Waals surface area (Å²) in [6.45, 7) is 11.4. The topological polar surface area (TPSA) is 87.1 Å². The highest BCUT2D eigenvalue weighted by molar-refractivity contribution is 9.09. The number of β-amino-alcohol motifs (C(OH)–C–C–N with tert-alkyl or cyclic N) is 1. The predicted molar refractivity (Wildman–Crippen MR) is 141 cm³/mol. The number of fused-ring (bicyclic) bond motifs is 1. The molecular weight excluding hydrogens is 532 g/mol. The molecule has 3 saturated heterocycles. The van der Waals surface area contributed by atoms with Gasteiger partial charge in [-0.1, -0.05) is 46.8 Å². The molecule has 3 heterocycles. The van der Waals surface area contributed by atoms with Crippen molar-refractivity contribution in [2.75, 3.05) is 31.2 Å². The van der Waals surface area contributed by atoms with Gasteiger partial charge in [0.15, 0.2) is 0 Å². The molecule has 1 N–H and O–H groups in total. The SMILES string of the molecule is C=CCOC(=O)[C@H]1[C@H]2C(=O)N(CCO)C(C(=O)N(CC=C)c3cc(C)ccc3C)C23CC(Br)[C@@H]1S3. The summed E-state index contributed by atoms with van der Waals surface area (Å²) in [7, 11) is 0. The standard InChI is InChI=1S/C26H31BrN2O5S/c1-5-9-28(18-13-15(3)7-8-16(18)4)24(32)22-26-14-17(27)21(35-26)19(25(33)34-12-6-2)20(26)23(31)29(22)10-11-30/h5-8,13,17,19-22,30H,1-2,9-12,14H2,3-4H3/t17?,19-,20-,21-,22?,26?/m0/s1. The highest BCUT2D eigenvalue weighted by atomic mass is 79.9. The average molecular weight is 564 g/mol. The molecule has 0 aliphatic carbocycles. The number of ether oxygens (including phenoxy) is 1. The molecule has 6 atom stereocenters. The molecule has 3 unspecified atom stereocenters. The van der Waals surface area contributed by atoms with E-state index in [1.807, 2.05) is 32.0 Å². The van der Waals surface area contributed by atoms with E-state index < -0.39 is 28.6 Å². The van der Waals surface area contributed by atoms with Gasteiger partial charge in [-0.05, 0) is 37.5 Å². The first-order valence-corrected chi connectivity index (χ1v) is 13.5. The van der Waals surface area contributed by atoms with Crippen molar-refractivity contribution in [2.45, 2.75) is 41.1 Å². The molecule has 1 aromatic carbocycles. The fourth-order valence-corrected chi connectivity index (χ4v) is 9.45. The molecule has 0 aromatic heterocycles. The van der Waals surface area contributed by atoms with E-state index in [0.717, 1.165) is 16.8 Å². The quantitative estimate of drug-likeness (QED) is 0.283. The Morgan fingerprint density at radius 2 is 2.09 bits per heavy atom. The van der Waals surface area contributed by atoms with Crippen LogP contribution in [0.2, 0.25) is 0 Å². The number of thioether (sulfide) groups is 1. The third-order valence-electron chi connectivity index (χ3n) is 7.21. The van der Waals surface area contributed by atoms with Crippen molar-refractivity contribution in [3.05, 3.63) is 54.6 Å². The number of aliphatic hydroxyl groups is 1. The van der Waals surface area contributed by atoms with Gasteiger partial charge in [-0.3, -0.25) is 14.4 Å². The van der Waals surface area contributed by atoms with Crippen LogP contribution in [0.1, 0.15) is 17.5 Å². The number of amides is 2. The first-order valence-electron chi connectivity index (χ1n) is 11.7. The number of carbonyl (C=O) groups is 3. The van der Waals surface area contributed by atoms with Gasteiger partial charge in [0, 0.05) is 28.9 Å². The monoisotopic (exact) mass is 562 g/mol. The number of hydrogen-bond donors (Lipinski definition) is 1. The van der Waals surface area contributed by atoms with E-state index in [0.29, 0.717) is 6.42 Å². The van der Waals surface area contributed by atoms with E-state index in [1.165, 1.54) is 11.0 Å². The van der Waals surface area contributed by atoms with E-state index in [1.54, 1.807) is 22.7 Å². The van der Waals surface area contributed by atoms with E-state index in [2.05, 4.69) is 29.1 Å². The lowest BCUT2D eigenvalue weighted by Gasteiger charge is -2.38. The molecule has 7 nitrogen and oxygen atoms in total. The summed E-state index contributed by atoms with van der Waals surface area (Å²) in [5.74, 6) is -2.30. The number of anilines is 1. The normalized spacial score (nSPS) is 30.8. The molecule has 0 radical (unpaired) electrons. The Kier molecular flexibility index (Phi) is 7.50. The maximum atomic E-state index is 14.4. The van der Waals surface area contributed by atoms with Crippen molar-refractivity contribution >= 4 is 51.2 Å². The number of likely N-dealkylation sites (tertiary alicyclic amines) is 1. The molecule has 3 aliphatic rings. The lowest BCUT2D eigenvalue weighted by Crippen LogP contribution is -2.56. The van der Waals surface area contributed by atoms with Crippen molar-refractivity contribution in [2.24, 2.45) is 11.8 Å². The molecule has 35 heavy (non-hydrogen) atoms. The molecule has 3 fully saturated rings. The summed E-state index contributed by atoms with van der Waals surface area (Å²) < 4.78 is 4.59. The second kappa shape index (κ2) is 10.1. The van der Waals surface area contributed by atoms with Crippen molar-refractivity contribution < 1.29 is 24.2 Å². The summed E-state index contributed by atoms with van der Waals surface area (Å²) in [6, 6.07) is 5.10. The number of aryl methyl sites for hydroxylation is 2. The number of rotatable bonds is 9. The number of alkyl halides is 1. The van der Waals surface area contributed by atoms with Crippen LogP contribution in [0.4, 0.5) is 5.69 Å². The zero-order valence-corrected chi connectivity index (χ0v) is 22.4. The fraction of sp³-hybridized carbons (Fsp3) is 0.500. The minimum absolute atomic E-state index is 0.0226. The number of carbonyl (C=O) groups excluding carboxylic acids is 3. The zero-order valence-electron chi connectivity index (χ0n) is 20.0. The highest BCUT2D eigenvalue weighted by Gasteiger charge is 2.76. The van der Waals surface area contributed by atoms with Gasteiger partial charge in [0.25, 0.3) is 5.91 Å². The number of aliphatic hydroxyl groups excluding tert-OH is 1. The summed E-state index contributed by atoms with van der Waals surface area (Å²) in [6.07, 6.45) is 3.73. The minimum atomic E-state index is -0.820. The minimum Gasteiger partial charge on any atom is -0.461 e. The van der Waals surface area contributed by atoms with Gasteiger partial charge >= 0.3 is 5.97 Å². The Labute approximate surface area is 218 Å². The lowest BCUT2D eigenvalue weighted by molar-refractivity contribution is -0.153. The van der Waals surface area contributed by atoms with Gasteiger partial charge in [-0.2, -0.15) is 0 Å². The van der Waals surface area contributed by atoms with Crippen LogP contribution >= 0.6 is 27.7 Å². The fourth-order valence-electron chi connectivity index (χ4n) is 5.86. The Morgan fingerprint density at radius 3 is 2.74 bits per heavy atom. The van der Waals surface area contributed by atoms with E-state index >= 15 is 0 Å². The van der Waals surface area contributed by atoms with E-state index in [4.69, 9.17) is 4.74 Å². The third-order valence-corrected chi connectivity index (χ3v) is 10.4. The molecular formula is C26H31BrN2O5S. The summed E-state index contributed by atoms with van der Waals surface area (Å²) >= 11 is 5.27. The molecule has 0 saturated carbocycles. The Bertz CT molecular complexity index is 1060. The molecule has 3 aliphatic heterocycles. The maximum absolute atomic E-state index is 14.4. The van der Waals surface area contributed by atoms with E-state index in [-0.39, 0.29) is 48.2 Å².